The largest absolute Gasteiger partial charge is 0.330 e. The molecule has 0 saturated carbocycles. The molecule has 1 aromatic heterocycles. The Morgan fingerprint density at radius 3 is 2.80 bits per heavy atom. The molecule has 0 atom stereocenters. The molecular weight excluding hydrogens is 248 g/mol. The lowest BCUT2D eigenvalue weighted by molar-refractivity contribution is 0.219. The van der Waals surface area contributed by atoms with Crippen molar-refractivity contribution in [2.45, 2.75) is 58.5 Å². The molecule has 0 spiro atoms. The summed E-state index contributed by atoms with van der Waals surface area (Å²) in [5.74, 6) is 1.32. The highest BCUT2D eigenvalue weighted by Crippen LogP contribution is 2.18. The quantitative estimate of drug-likeness (QED) is 0.892. The summed E-state index contributed by atoms with van der Waals surface area (Å²) in [6.07, 6.45) is 7.64. The third-order valence-electron chi connectivity index (χ3n) is 4.63. The SMILES string of the molecule is CCCc1nc2c(n1CCN1CCCCC1)CCNC2. The number of aromatic nitrogens is 2. The van der Waals surface area contributed by atoms with E-state index in [0.29, 0.717) is 0 Å². The zero-order valence-corrected chi connectivity index (χ0v) is 12.8. The second kappa shape index (κ2) is 6.72. The van der Waals surface area contributed by atoms with Crippen LogP contribution in [0.5, 0.6) is 0 Å². The molecule has 20 heavy (non-hydrogen) atoms. The van der Waals surface area contributed by atoms with E-state index < -0.39 is 0 Å². The van der Waals surface area contributed by atoms with Gasteiger partial charge in [0, 0.05) is 44.7 Å². The summed E-state index contributed by atoms with van der Waals surface area (Å²) in [5.41, 5.74) is 2.81. The normalized spacial score (nSPS) is 20.1. The Kier molecular flexibility index (Phi) is 4.73. The van der Waals surface area contributed by atoms with E-state index in [4.69, 9.17) is 4.98 Å². The first-order valence-corrected chi connectivity index (χ1v) is 8.38. The molecule has 112 valence electrons. The maximum absolute atomic E-state index is 4.89. The first-order chi connectivity index (χ1) is 9.88. The smallest absolute Gasteiger partial charge is 0.109 e. The van der Waals surface area contributed by atoms with Gasteiger partial charge in [-0.15, -0.1) is 0 Å². The van der Waals surface area contributed by atoms with Gasteiger partial charge in [0.05, 0.1) is 5.69 Å². The Bertz CT molecular complexity index is 432. The number of hydrogen-bond donors (Lipinski definition) is 1. The Labute approximate surface area is 122 Å². The predicted molar refractivity (Wildman–Crippen MR) is 81.9 cm³/mol. The fourth-order valence-electron chi connectivity index (χ4n) is 3.53. The van der Waals surface area contributed by atoms with Gasteiger partial charge in [0.15, 0.2) is 0 Å². The molecule has 0 bridgehead atoms. The molecule has 3 heterocycles. The molecule has 0 aromatic carbocycles. The number of likely N-dealkylation sites (tertiary alicyclic amines) is 1. The summed E-state index contributed by atoms with van der Waals surface area (Å²) in [4.78, 5) is 7.52. The van der Waals surface area contributed by atoms with E-state index >= 15 is 0 Å². The van der Waals surface area contributed by atoms with Gasteiger partial charge >= 0.3 is 0 Å². The van der Waals surface area contributed by atoms with Crippen molar-refractivity contribution >= 4 is 0 Å². The lowest BCUT2D eigenvalue weighted by Crippen LogP contribution is -2.33. The molecule has 2 aliphatic heterocycles. The Hall–Kier alpha value is -0.870. The average Bonchev–Trinajstić information content (AvgIpc) is 2.84. The van der Waals surface area contributed by atoms with E-state index in [-0.39, 0.29) is 0 Å². The van der Waals surface area contributed by atoms with Crippen LogP contribution in [-0.2, 0) is 25.9 Å². The highest BCUT2D eigenvalue weighted by atomic mass is 15.2. The minimum Gasteiger partial charge on any atom is -0.330 e. The number of aryl methyl sites for hydroxylation is 1. The van der Waals surface area contributed by atoms with E-state index in [1.54, 1.807) is 0 Å². The fourth-order valence-corrected chi connectivity index (χ4v) is 3.53. The lowest BCUT2D eigenvalue weighted by Gasteiger charge is -2.27. The van der Waals surface area contributed by atoms with Crippen LogP contribution in [0.1, 0.15) is 49.8 Å². The summed E-state index contributed by atoms with van der Waals surface area (Å²) < 4.78 is 2.54. The Morgan fingerprint density at radius 2 is 2.00 bits per heavy atom. The highest BCUT2D eigenvalue weighted by Gasteiger charge is 2.20. The fraction of sp³-hybridized carbons (Fsp3) is 0.812. The van der Waals surface area contributed by atoms with Gasteiger partial charge in [-0.25, -0.2) is 4.98 Å². The molecule has 0 unspecified atom stereocenters. The molecule has 1 saturated heterocycles. The maximum atomic E-state index is 4.89. The van der Waals surface area contributed by atoms with Crippen molar-refractivity contribution in [3.63, 3.8) is 0 Å². The van der Waals surface area contributed by atoms with Gasteiger partial charge in [-0.1, -0.05) is 13.3 Å². The third-order valence-corrected chi connectivity index (χ3v) is 4.63. The van der Waals surface area contributed by atoms with Crippen molar-refractivity contribution in [1.82, 2.24) is 19.8 Å². The molecule has 4 nitrogen and oxygen atoms in total. The number of nitrogens with one attached hydrogen (secondary N) is 1. The number of nitrogens with zero attached hydrogens (tertiary/aromatic N) is 3. The average molecular weight is 276 g/mol. The number of fused-ring (bicyclic) bond motifs is 1. The predicted octanol–water partition coefficient (Wildman–Crippen LogP) is 1.97. The van der Waals surface area contributed by atoms with Crippen LogP contribution in [0, 0.1) is 0 Å². The lowest BCUT2D eigenvalue weighted by atomic mass is 10.1. The van der Waals surface area contributed by atoms with Crippen molar-refractivity contribution in [3.05, 3.63) is 17.2 Å². The molecule has 1 fully saturated rings. The first-order valence-electron chi connectivity index (χ1n) is 8.38. The molecular formula is C16H28N4. The van der Waals surface area contributed by atoms with Gasteiger partial charge in [0.2, 0.25) is 0 Å². The zero-order chi connectivity index (χ0) is 13.8. The number of hydrogen-bond acceptors (Lipinski definition) is 3. The van der Waals surface area contributed by atoms with E-state index in [9.17, 15) is 0 Å². The highest BCUT2D eigenvalue weighted by molar-refractivity contribution is 5.20. The van der Waals surface area contributed by atoms with Crippen molar-refractivity contribution in [3.8, 4) is 0 Å². The minimum atomic E-state index is 0.961. The minimum absolute atomic E-state index is 0.961. The molecule has 4 heteroatoms. The van der Waals surface area contributed by atoms with Crippen LogP contribution in [0.2, 0.25) is 0 Å². The molecule has 0 radical (unpaired) electrons. The van der Waals surface area contributed by atoms with Crippen LogP contribution in [0.4, 0.5) is 0 Å². The second-order valence-electron chi connectivity index (χ2n) is 6.15. The van der Waals surface area contributed by atoms with Crippen LogP contribution >= 0.6 is 0 Å². The number of piperidine rings is 1. The van der Waals surface area contributed by atoms with Crippen molar-refractivity contribution in [1.29, 1.82) is 0 Å². The molecule has 1 N–H and O–H groups in total. The molecule has 1 aromatic rings. The first kappa shape index (κ1) is 14.1. The van der Waals surface area contributed by atoms with Crippen LogP contribution in [0.15, 0.2) is 0 Å². The third kappa shape index (κ3) is 3.07. The van der Waals surface area contributed by atoms with E-state index in [1.165, 1.54) is 62.5 Å². The van der Waals surface area contributed by atoms with Gasteiger partial charge in [0.25, 0.3) is 0 Å². The molecule has 0 aliphatic carbocycles. The van der Waals surface area contributed by atoms with Crippen molar-refractivity contribution in [2.75, 3.05) is 26.2 Å². The summed E-state index contributed by atoms with van der Waals surface area (Å²) in [7, 11) is 0. The van der Waals surface area contributed by atoms with Gasteiger partial charge in [-0.05, 0) is 32.4 Å². The van der Waals surface area contributed by atoms with Gasteiger partial charge in [-0.2, -0.15) is 0 Å². The molecule has 2 aliphatic rings. The van der Waals surface area contributed by atoms with E-state index in [1.807, 2.05) is 0 Å². The second-order valence-corrected chi connectivity index (χ2v) is 6.15. The van der Waals surface area contributed by atoms with Gasteiger partial charge in [0.1, 0.15) is 5.82 Å². The number of rotatable bonds is 5. The molecule has 0 amide bonds. The Morgan fingerprint density at radius 1 is 1.15 bits per heavy atom. The van der Waals surface area contributed by atoms with E-state index in [2.05, 4.69) is 21.7 Å². The van der Waals surface area contributed by atoms with Crippen molar-refractivity contribution in [2.24, 2.45) is 0 Å². The summed E-state index contributed by atoms with van der Waals surface area (Å²) in [6.45, 7) is 9.24. The molecule has 3 rings (SSSR count). The topological polar surface area (TPSA) is 33.1 Å². The monoisotopic (exact) mass is 276 g/mol. The van der Waals surface area contributed by atoms with Crippen molar-refractivity contribution < 1.29 is 0 Å². The summed E-state index contributed by atoms with van der Waals surface area (Å²) >= 11 is 0. The zero-order valence-electron chi connectivity index (χ0n) is 12.8. The van der Waals surface area contributed by atoms with Crippen LogP contribution in [0.3, 0.4) is 0 Å². The number of imidazole rings is 1. The standard InChI is InChI=1S/C16H28N4/c1-2-6-16-18-14-13-17-8-7-15(14)20(16)12-11-19-9-4-3-5-10-19/h17H,2-13H2,1H3. The van der Waals surface area contributed by atoms with Crippen LogP contribution < -0.4 is 5.32 Å². The van der Waals surface area contributed by atoms with Crippen LogP contribution in [-0.4, -0.2) is 40.6 Å². The van der Waals surface area contributed by atoms with E-state index in [0.717, 1.165) is 32.5 Å². The summed E-state index contributed by atoms with van der Waals surface area (Å²) in [6, 6.07) is 0. The van der Waals surface area contributed by atoms with Crippen LogP contribution in [0.25, 0.3) is 0 Å². The Balaban J connectivity index is 1.71. The maximum Gasteiger partial charge on any atom is 0.109 e. The van der Waals surface area contributed by atoms with Gasteiger partial charge in [-0.3, -0.25) is 0 Å². The van der Waals surface area contributed by atoms with Gasteiger partial charge < -0.3 is 14.8 Å². The summed E-state index contributed by atoms with van der Waals surface area (Å²) in [5, 5.41) is 3.44.